The van der Waals surface area contributed by atoms with E-state index in [2.05, 4.69) is 4.98 Å². The van der Waals surface area contributed by atoms with Crippen molar-refractivity contribution in [1.82, 2.24) is 4.98 Å². The molecule has 0 N–H and O–H groups in total. The minimum atomic E-state index is -0.253. The van der Waals surface area contributed by atoms with Gasteiger partial charge in [0, 0.05) is 0 Å². The van der Waals surface area contributed by atoms with Gasteiger partial charge in [-0.25, -0.2) is 9.78 Å². The fraction of sp³-hybridized carbons (Fsp3) is 0.500. The first-order valence-corrected chi connectivity index (χ1v) is 4.71. The van der Waals surface area contributed by atoms with E-state index < -0.39 is 0 Å². The minimum Gasteiger partial charge on any atom is -0.461 e. The topological polar surface area (TPSA) is 39.2 Å². The van der Waals surface area contributed by atoms with Gasteiger partial charge in [-0.2, -0.15) is 0 Å². The Morgan fingerprint density at radius 2 is 2.50 bits per heavy atom. The van der Waals surface area contributed by atoms with Gasteiger partial charge in [-0.15, -0.1) is 11.3 Å². The fourth-order valence-corrected chi connectivity index (χ4v) is 1.45. The molecule has 12 heavy (non-hydrogen) atoms. The summed E-state index contributed by atoms with van der Waals surface area (Å²) < 4.78 is 4.95. The summed E-state index contributed by atoms with van der Waals surface area (Å²) in [7, 11) is 0. The van der Waals surface area contributed by atoms with E-state index in [-0.39, 0.29) is 5.97 Å². The molecule has 0 fully saturated rings. The van der Waals surface area contributed by atoms with E-state index in [1.165, 1.54) is 11.3 Å². The molecule has 1 heterocycles. The maximum absolute atomic E-state index is 11.2. The highest BCUT2D eigenvalue weighted by atomic mass is 32.1. The number of nitrogens with zero attached hydrogens (tertiary/aromatic N) is 1. The zero-order valence-corrected chi connectivity index (χ0v) is 7.98. The number of hydrogen-bond acceptors (Lipinski definition) is 4. The summed E-state index contributed by atoms with van der Waals surface area (Å²) in [5.74, 6) is -0.253. The van der Waals surface area contributed by atoms with Gasteiger partial charge in [-0.1, -0.05) is 6.92 Å². The summed E-state index contributed by atoms with van der Waals surface area (Å²) in [6.45, 7) is 4.25. The van der Waals surface area contributed by atoms with Crippen molar-refractivity contribution in [3.8, 4) is 0 Å². The van der Waals surface area contributed by atoms with Gasteiger partial charge in [0.1, 0.15) is 4.88 Å². The summed E-state index contributed by atoms with van der Waals surface area (Å²) in [4.78, 5) is 15.8. The van der Waals surface area contributed by atoms with Crippen LogP contribution in [-0.4, -0.2) is 17.6 Å². The van der Waals surface area contributed by atoms with Gasteiger partial charge in [-0.05, 0) is 13.3 Å². The van der Waals surface area contributed by atoms with E-state index in [9.17, 15) is 4.79 Å². The van der Waals surface area contributed by atoms with Crippen LogP contribution in [0.15, 0.2) is 5.51 Å². The molecule has 1 rings (SSSR count). The van der Waals surface area contributed by atoms with Gasteiger partial charge < -0.3 is 4.74 Å². The molecule has 1 aromatic heterocycles. The van der Waals surface area contributed by atoms with Crippen LogP contribution in [-0.2, 0) is 4.74 Å². The third kappa shape index (κ3) is 2.04. The molecule has 0 amide bonds. The quantitative estimate of drug-likeness (QED) is 0.676. The fourth-order valence-electron chi connectivity index (χ4n) is 0.758. The lowest BCUT2D eigenvalue weighted by atomic mass is 10.4. The first kappa shape index (κ1) is 9.19. The number of rotatable bonds is 3. The van der Waals surface area contributed by atoms with E-state index in [0.29, 0.717) is 11.5 Å². The Morgan fingerprint density at radius 1 is 1.75 bits per heavy atom. The van der Waals surface area contributed by atoms with Gasteiger partial charge in [0.05, 0.1) is 17.8 Å². The molecule has 1 aromatic rings. The Hall–Kier alpha value is -0.900. The predicted molar refractivity (Wildman–Crippen MR) is 47.4 cm³/mol. The van der Waals surface area contributed by atoms with E-state index >= 15 is 0 Å². The second-order valence-electron chi connectivity index (χ2n) is 2.40. The van der Waals surface area contributed by atoms with Crippen LogP contribution in [0.3, 0.4) is 0 Å². The summed E-state index contributed by atoms with van der Waals surface area (Å²) >= 11 is 1.32. The van der Waals surface area contributed by atoms with E-state index in [4.69, 9.17) is 4.74 Å². The zero-order chi connectivity index (χ0) is 8.97. The van der Waals surface area contributed by atoms with Gasteiger partial charge >= 0.3 is 5.97 Å². The second-order valence-corrected chi connectivity index (χ2v) is 3.26. The van der Waals surface area contributed by atoms with Crippen LogP contribution in [0.4, 0.5) is 0 Å². The largest absolute Gasteiger partial charge is 0.461 e. The molecule has 0 aromatic carbocycles. The Bertz CT molecular complexity index is 270. The lowest BCUT2D eigenvalue weighted by Crippen LogP contribution is -2.05. The third-order valence-corrected chi connectivity index (χ3v) is 2.28. The van der Waals surface area contributed by atoms with Crippen LogP contribution in [0.2, 0.25) is 0 Å². The number of aryl methyl sites for hydroxylation is 1. The first-order valence-electron chi connectivity index (χ1n) is 3.83. The van der Waals surface area contributed by atoms with E-state index in [0.717, 1.165) is 12.1 Å². The smallest absolute Gasteiger partial charge is 0.350 e. The van der Waals surface area contributed by atoms with E-state index in [1.54, 1.807) is 12.4 Å². The molecule has 0 saturated carbocycles. The number of esters is 1. The van der Waals surface area contributed by atoms with E-state index in [1.807, 2.05) is 6.92 Å². The van der Waals surface area contributed by atoms with Crippen LogP contribution >= 0.6 is 11.3 Å². The average Bonchev–Trinajstić information content (AvgIpc) is 2.47. The average molecular weight is 185 g/mol. The monoisotopic (exact) mass is 185 g/mol. The lowest BCUT2D eigenvalue weighted by Gasteiger charge is -1.99. The van der Waals surface area contributed by atoms with Crippen LogP contribution in [0.5, 0.6) is 0 Å². The maximum atomic E-state index is 11.2. The number of ether oxygens (including phenoxy) is 1. The van der Waals surface area contributed by atoms with Crippen molar-refractivity contribution in [3.05, 3.63) is 16.1 Å². The highest BCUT2D eigenvalue weighted by Crippen LogP contribution is 2.13. The molecule has 0 atom stereocenters. The first-order chi connectivity index (χ1) is 5.75. The van der Waals surface area contributed by atoms with Gasteiger partial charge in [0.25, 0.3) is 0 Å². The predicted octanol–water partition coefficient (Wildman–Crippen LogP) is 2.02. The molecule has 0 aliphatic heterocycles. The van der Waals surface area contributed by atoms with Crippen LogP contribution in [0, 0.1) is 6.92 Å². The second kappa shape index (κ2) is 4.21. The molecule has 0 aliphatic carbocycles. The molecular formula is C8H11NO2S. The summed E-state index contributed by atoms with van der Waals surface area (Å²) in [5, 5.41) is 0. The third-order valence-electron chi connectivity index (χ3n) is 1.37. The van der Waals surface area contributed by atoms with Crippen molar-refractivity contribution in [1.29, 1.82) is 0 Å². The van der Waals surface area contributed by atoms with Crippen molar-refractivity contribution in [2.75, 3.05) is 6.61 Å². The molecule has 4 heteroatoms. The molecule has 0 saturated heterocycles. The number of carbonyl (C=O) groups is 1. The van der Waals surface area contributed by atoms with Crippen molar-refractivity contribution in [2.24, 2.45) is 0 Å². The number of thiazole rings is 1. The molecule has 0 bridgehead atoms. The molecule has 3 nitrogen and oxygen atoms in total. The highest BCUT2D eigenvalue weighted by Gasteiger charge is 2.11. The van der Waals surface area contributed by atoms with Gasteiger partial charge in [0.15, 0.2) is 0 Å². The van der Waals surface area contributed by atoms with Crippen LogP contribution in [0.1, 0.15) is 28.7 Å². The van der Waals surface area contributed by atoms with Gasteiger partial charge in [0.2, 0.25) is 0 Å². The Balaban J connectivity index is 2.59. The van der Waals surface area contributed by atoms with Crippen molar-refractivity contribution in [2.45, 2.75) is 20.3 Å². The van der Waals surface area contributed by atoms with Crippen molar-refractivity contribution >= 4 is 17.3 Å². The van der Waals surface area contributed by atoms with Crippen molar-refractivity contribution in [3.63, 3.8) is 0 Å². The van der Waals surface area contributed by atoms with Crippen LogP contribution < -0.4 is 0 Å². The molecule has 66 valence electrons. The molecule has 0 radical (unpaired) electrons. The number of hydrogen-bond donors (Lipinski definition) is 0. The summed E-state index contributed by atoms with van der Waals surface area (Å²) in [6.07, 6.45) is 0.851. The minimum absolute atomic E-state index is 0.253. The Kier molecular flexibility index (Phi) is 3.22. The summed E-state index contributed by atoms with van der Waals surface area (Å²) in [5.41, 5.74) is 2.40. The molecular weight excluding hydrogens is 174 g/mol. The molecule has 0 spiro atoms. The standard InChI is InChI=1S/C8H11NO2S/c1-3-4-11-8(10)7-6(2)9-5-12-7/h5H,3-4H2,1-2H3. The SMILES string of the molecule is CCCOC(=O)c1scnc1C. The van der Waals surface area contributed by atoms with Gasteiger partial charge in [-0.3, -0.25) is 0 Å². The Morgan fingerprint density at radius 3 is 3.00 bits per heavy atom. The number of carbonyl (C=O) groups excluding carboxylic acids is 1. The number of aromatic nitrogens is 1. The zero-order valence-electron chi connectivity index (χ0n) is 7.16. The maximum Gasteiger partial charge on any atom is 0.350 e. The Labute approximate surface area is 75.4 Å². The molecule has 0 unspecified atom stereocenters. The summed E-state index contributed by atoms with van der Waals surface area (Å²) in [6, 6.07) is 0. The normalized spacial score (nSPS) is 9.83. The van der Waals surface area contributed by atoms with Crippen molar-refractivity contribution < 1.29 is 9.53 Å². The molecule has 0 aliphatic rings. The van der Waals surface area contributed by atoms with Crippen LogP contribution in [0.25, 0.3) is 0 Å². The lowest BCUT2D eigenvalue weighted by molar-refractivity contribution is 0.0510. The highest BCUT2D eigenvalue weighted by molar-refractivity contribution is 7.11.